The zero-order valence-electron chi connectivity index (χ0n) is 23.0. The summed E-state index contributed by atoms with van der Waals surface area (Å²) in [6, 6.07) is 5.28. The van der Waals surface area contributed by atoms with Gasteiger partial charge in [-0.05, 0) is 72.2 Å². The smallest absolute Gasteiger partial charge is 0.413 e. The normalized spacial score (nSPS) is 12.8. The first kappa shape index (κ1) is 33.5. The van der Waals surface area contributed by atoms with Crippen LogP contribution in [0.3, 0.4) is 0 Å². The van der Waals surface area contributed by atoms with Crippen LogP contribution in [-0.4, -0.2) is 75.5 Å². The van der Waals surface area contributed by atoms with Crippen LogP contribution in [0.2, 0.25) is 0 Å². The van der Waals surface area contributed by atoms with Gasteiger partial charge in [0.2, 0.25) is 0 Å². The summed E-state index contributed by atoms with van der Waals surface area (Å²) in [6.07, 6.45) is -0.0887. The van der Waals surface area contributed by atoms with E-state index >= 15 is 0 Å². The van der Waals surface area contributed by atoms with Crippen LogP contribution < -0.4 is 15.0 Å². The lowest BCUT2D eigenvalue weighted by molar-refractivity contribution is -0.158. The molecule has 0 heterocycles. The van der Waals surface area contributed by atoms with Crippen molar-refractivity contribution in [3.8, 4) is 5.75 Å². The van der Waals surface area contributed by atoms with Crippen LogP contribution in [0.5, 0.6) is 5.75 Å². The van der Waals surface area contributed by atoms with Gasteiger partial charge in [0.05, 0.1) is 12.9 Å². The number of carbonyl (C=O) groups is 3. The Kier molecular flexibility index (Phi) is 12.8. The van der Waals surface area contributed by atoms with Crippen LogP contribution in [0.25, 0.3) is 0 Å². The fourth-order valence-corrected chi connectivity index (χ4v) is 3.63. The third-order valence-corrected chi connectivity index (χ3v) is 5.23. The minimum atomic E-state index is -3.56. The number of amides is 1. The van der Waals surface area contributed by atoms with Crippen LogP contribution in [0, 0.1) is 0 Å². The summed E-state index contributed by atoms with van der Waals surface area (Å²) in [6.45, 7) is 10.9. The highest BCUT2D eigenvalue weighted by molar-refractivity contribution is 7.85. The van der Waals surface area contributed by atoms with E-state index in [1.807, 2.05) is 4.90 Å². The van der Waals surface area contributed by atoms with E-state index in [9.17, 15) is 22.8 Å². The second-order valence-electron chi connectivity index (χ2n) is 10.4. The van der Waals surface area contributed by atoms with E-state index in [0.29, 0.717) is 18.1 Å². The number of benzene rings is 1. The van der Waals surface area contributed by atoms with Gasteiger partial charge >= 0.3 is 18.0 Å². The molecule has 1 aromatic rings. The molecule has 1 aromatic carbocycles. The number of halogens is 1. The summed E-state index contributed by atoms with van der Waals surface area (Å²) in [7, 11) is -3.56. The molecule has 0 saturated heterocycles. The molecule has 1 N–H and O–H groups in total. The molecule has 0 radical (unpaired) electrons. The Bertz CT molecular complexity index is 1030. The number of carbonyl (C=O) groups excluding carboxylic acids is 3. The Morgan fingerprint density at radius 3 is 2.05 bits per heavy atom. The summed E-state index contributed by atoms with van der Waals surface area (Å²) < 4.78 is 43.1. The maximum Gasteiger partial charge on any atom is 0.413 e. The topological polar surface area (TPSA) is 138 Å². The van der Waals surface area contributed by atoms with Crippen molar-refractivity contribution in [1.29, 1.82) is 0 Å². The number of nitrogens with zero attached hydrogens (tertiary/aromatic N) is 1. The second kappa shape index (κ2) is 14.5. The predicted molar refractivity (Wildman–Crippen MR) is 144 cm³/mol. The Morgan fingerprint density at radius 1 is 0.974 bits per heavy atom. The summed E-state index contributed by atoms with van der Waals surface area (Å²) in [4.78, 5) is 39.2. The molecule has 1 atom stereocenters. The van der Waals surface area contributed by atoms with E-state index in [2.05, 4.69) is 5.32 Å². The fraction of sp³-hybridized carbons (Fsp3) is 0.640. The Labute approximate surface area is 230 Å². The van der Waals surface area contributed by atoms with Gasteiger partial charge in [0.15, 0.2) is 0 Å². The lowest BCUT2D eigenvalue weighted by atomic mass is 10.1. The molecule has 0 aliphatic heterocycles. The lowest BCUT2D eigenvalue weighted by Gasteiger charge is -2.25. The van der Waals surface area contributed by atoms with Crippen LogP contribution in [0.4, 0.5) is 10.5 Å². The van der Waals surface area contributed by atoms with Crippen molar-refractivity contribution in [2.75, 3.05) is 36.7 Å². The van der Waals surface area contributed by atoms with Gasteiger partial charge in [-0.15, -0.1) is 11.6 Å². The molecule has 11 nitrogen and oxygen atoms in total. The maximum atomic E-state index is 12.7. The highest BCUT2D eigenvalue weighted by Crippen LogP contribution is 2.20. The van der Waals surface area contributed by atoms with Gasteiger partial charge in [-0.3, -0.25) is 8.98 Å². The van der Waals surface area contributed by atoms with Crippen LogP contribution in [0.15, 0.2) is 24.3 Å². The van der Waals surface area contributed by atoms with Crippen molar-refractivity contribution in [3.05, 3.63) is 24.3 Å². The van der Waals surface area contributed by atoms with E-state index in [1.165, 1.54) is 12.1 Å². The van der Waals surface area contributed by atoms with Crippen LogP contribution in [0.1, 0.15) is 54.4 Å². The van der Waals surface area contributed by atoms with E-state index in [4.69, 9.17) is 30.0 Å². The Balaban J connectivity index is 2.85. The summed E-state index contributed by atoms with van der Waals surface area (Å²) in [5, 5.41) is 2.46. The number of esters is 2. The van der Waals surface area contributed by atoms with E-state index in [-0.39, 0.29) is 31.7 Å². The molecule has 216 valence electrons. The molecule has 0 unspecified atom stereocenters. The van der Waals surface area contributed by atoms with Gasteiger partial charge in [0.1, 0.15) is 23.0 Å². The van der Waals surface area contributed by atoms with Gasteiger partial charge in [-0.1, -0.05) is 0 Å². The first-order chi connectivity index (χ1) is 17.4. The summed E-state index contributed by atoms with van der Waals surface area (Å²) in [5.74, 6) is -0.726. The molecule has 0 aliphatic carbocycles. The average molecular weight is 579 g/mol. The van der Waals surface area contributed by atoms with Crippen molar-refractivity contribution >= 4 is 45.4 Å². The third-order valence-electron chi connectivity index (χ3n) is 4.47. The SMILES string of the molecule is CC(C)(C)OC(=O)CC[C@H](NC(=O)Oc1ccc(N(CCCl)CCOS(C)(=O)=O)cc1)C(=O)OC(C)(C)C. The highest BCUT2D eigenvalue weighted by Gasteiger charge is 2.29. The largest absolute Gasteiger partial charge is 0.460 e. The number of rotatable bonds is 13. The van der Waals surface area contributed by atoms with Crippen molar-refractivity contribution in [2.24, 2.45) is 0 Å². The molecule has 0 bridgehead atoms. The average Bonchev–Trinajstić information content (AvgIpc) is 2.73. The molecular weight excluding hydrogens is 540 g/mol. The van der Waals surface area contributed by atoms with E-state index in [1.54, 1.807) is 53.7 Å². The first-order valence-electron chi connectivity index (χ1n) is 12.1. The Morgan fingerprint density at radius 2 is 1.55 bits per heavy atom. The van der Waals surface area contributed by atoms with Crippen LogP contribution in [-0.2, 0) is 33.4 Å². The number of ether oxygens (including phenoxy) is 3. The standard InChI is InChI=1S/C25H39ClN2O9S/c1-24(2,3)36-21(29)13-12-20(22(30)37-25(4,5)6)27-23(31)35-19-10-8-18(9-11-19)28(15-14-26)16-17-34-38(7,32)33/h8-11,20H,12-17H2,1-7H3,(H,27,31)/t20-/m0/s1. The molecule has 1 rings (SSSR count). The van der Waals surface area contributed by atoms with E-state index in [0.717, 1.165) is 6.26 Å². The van der Waals surface area contributed by atoms with Crippen LogP contribution >= 0.6 is 11.6 Å². The van der Waals surface area contributed by atoms with Gasteiger partial charge < -0.3 is 24.4 Å². The van der Waals surface area contributed by atoms with Crippen molar-refractivity contribution in [3.63, 3.8) is 0 Å². The lowest BCUT2D eigenvalue weighted by Crippen LogP contribution is -2.45. The number of nitrogens with one attached hydrogen (secondary N) is 1. The third kappa shape index (κ3) is 15.0. The fourth-order valence-electron chi connectivity index (χ4n) is 3.05. The van der Waals surface area contributed by atoms with Crippen molar-refractivity contribution < 1.29 is 41.2 Å². The molecule has 1 amide bonds. The summed E-state index contributed by atoms with van der Waals surface area (Å²) >= 11 is 5.86. The van der Waals surface area contributed by atoms with Gasteiger partial charge in [0.25, 0.3) is 10.1 Å². The zero-order chi connectivity index (χ0) is 29.1. The number of alkyl halides is 1. The monoisotopic (exact) mass is 578 g/mol. The van der Waals surface area contributed by atoms with Crippen molar-refractivity contribution in [2.45, 2.75) is 71.6 Å². The van der Waals surface area contributed by atoms with Gasteiger partial charge in [-0.25, -0.2) is 9.59 Å². The first-order valence-corrected chi connectivity index (χ1v) is 14.4. The zero-order valence-corrected chi connectivity index (χ0v) is 24.6. The predicted octanol–water partition coefficient (Wildman–Crippen LogP) is 3.63. The molecule has 0 fully saturated rings. The molecule has 0 aliphatic rings. The molecular formula is C25H39ClN2O9S. The van der Waals surface area contributed by atoms with Gasteiger partial charge in [0, 0.05) is 31.1 Å². The van der Waals surface area contributed by atoms with Gasteiger partial charge in [-0.2, -0.15) is 8.42 Å². The molecule has 0 saturated carbocycles. The van der Waals surface area contributed by atoms with E-state index < -0.39 is 45.4 Å². The number of anilines is 1. The quantitative estimate of drug-likeness (QED) is 0.210. The number of hydrogen-bond acceptors (Lipinski definition) is 10. The second-order valence-corrected chi connectivity index (χ2v) is 12.5. The highest BCUT2D eigenvalue weighted by atomic mass is 35.5. The number of hydrogen-bond donors (Lipinski definition) is 1. The maximum absolute atomic E-state index is 12.7. The minimum absolute atomic E-state index is 0.0409. The molecule has 0 spiro atoms. The van der Waals surface area contributed by atoms with Crippen molar-refractivity contribution in [1.82, 2.24) is 5.32 Å². The Hall–Kier alpha value is -2.57. The molecule has 38 heavy (non-hydrogen) atoms. The summed E-state index contributed by atoms with van der Waals surface area (Å²) in [5.41, 5.74) is -0.777. The molecule has 0 aromatic heterocycles. The minimum Gasteiger partial charge on any atom is -0.460 e. The molecule has 13 heteroatoms.